The second kappa shape index (κ2) is 6.31. The van der Waals surface area contributed by atoms with Gasteiger partial charge in [0.05, 0.1) is 0 Å². The highest BCUT2D eigenvalue weighted by Gasteiger charge is 2.62. The number of Topliss-reactive ketones (excluding diaryl/α,β-unsaturated/α-hetero) is 2. The Hall–Kier alpha value is -1.69. The molecular formula is C13H17BrN4O6. The number of ether oxygens (including phenoxy) is 1. The summed E-state index contributed by atoms with van der Waals surface area (Å²) in [6.07, 6.45) is -4.62. The quantitative estimate of drug-likeness (QED) is 0.505. The van der Waals surface area contributed by atoms with Gasteiger partial charge in [0.1, 0.15) is 22.7 Å². The number of halogens is 1. The highest BCUT2D eigenvalue weighted by Crippen LogP contribution is 2.43. The molecule has 1 aliphatic heterocycles. The lowest BCUT2D eigenvalue weighted by atomic mass is 9.86. The van der Waals surface area contributed by atoms with E-state index >= 15 is 0 Å². The Labute approximate surface area is 144 Å². The number of aryl methyl sites for hydroxylation is 1. The third-order valence-corrected chi connectivity index (χ3v) is 5.09. The fourth-order valence-corrected chi connectivity index (χ4v) is 3.39. The Morgan fingerprint density at radius 2 is 2.04 bits per heavy atom. The molecule has 5 atom stereocenters. The number of rotatable bonds is 4. The second-order valence-electron chi connectivity index (χ2n) is 5.60. The van der Waals surface area contributed by atoms with Gasteiger partial charge in [-0.15, -0.1) is 0 Å². The van der Waals surface area contributed by atoms with Crippen LogP contribution in [0.25, 0.3) is 0 Å². The summed E-state index contributed by atoms with van der Waals surface area (Å²) in [5, 5.41) is 24.7. The average molecular weight is 405 g/mol. The molecule has 0 bridgehead atoms. The molecule has 1 fully saturated rings. The first-order valence-corrected chi connectivity index (χ1v) is 7.87. The maximum Gasteiger partial charge on any atom is 0.368 e. The Bertz CT molecular complexity index is 752. The van der Waals surface area contributed by atoms with E-state index in [1.165, 1.54) is 6.92 Å². The first-order valence-electron chi connectivity index (χ1n) is 6.96. The van der Waals surface area contributed by atoms with Crippen LogP contribution in [0.4, 0.5) is 5.82 Å². The largest absolute Gasteiger partial charge is 0.382 e. The minimum atomic E-state index is -2.24. The number of anilines is 1. The van der Waals surface area contributed by atoms with E-state index in [4.69, 9.17) is 10.5 Å². The van der Waals surface area contributed by atoms with Crippen molar-refractivity contribution in [1.82, 2.24) is 14.8 Å². The van der Waals surface area contributed by atoms with Gasteiger partial charge in [-0.25, -0.2) is 4.79 Å². The number of nitrogen functional groups attached to an aromatic ring is 1. The summed E-state index contributed by atoms with van der Waals surface area (Å²) in [7, 11) is 0. The summed E-state index contributed by atoms with van der Waals surface area (Å²) in [4.78, 5) is 37.9. The standard InChI is InChI=1S/C13H17BrN4O6/c1-4-10(15)16-12(22)18(17-4)11-8(14)13(23,6(3)20)9(24-11)7(21)5(2)19/h7-9,11,21,23H,1-3H3,(H2,15,16,22)/t7?,8-,9+,11+,13-/m0/s1. The SMILES string of the molecule is CC(=O)C(O)[C@H]1O[C@@H](n2nc(C)c(N)nc2=O)[C@H](Br)[C@@]1(O)C(C)=O. The number of aliphatic hydroxyl groups is 2. The number of ketones is 2. The van der Waals surface area contributed by atoms with Crippen molar-refractivity contribution in [2.75, 3.05) is 5.73 Å². The number of nitrogens with two attached hydrogens (primary N) is 1. The predicted molar refractivity (Wildman–Crippen MR) is 84.4 cm³/mol. The maximum absolute atomic E-state index is 12.0. The van der Waals surface area contributed by atoms with Crippen molar-refractivity contribution in [3.05, 3.63) is 16.2 Å². The van der Waals surface area contributed by atoms with Crippen LogP contribution in [0.5, 0.6) is 0 Å². The van der Waals surface area contributed by atoms with Gasteiger partial charge >= 0.3 is 5.69 Å². The lowest BCUT2D eigenvalue weighted by Crippen LogP contribution is -2.56. The average Bonchev–Trinajstić information content (AvgIpc) is 2.76. The molecule has 0 amide bonds. The van der Waals surface area contributed by atoms with Crippen molar-refractivity contribution in [2.45, 2.75) is 49.6 Å². The Morgan fingerprint density at radius 1 is 1.46 bits per heavy atom. The molecule has 1 unspecified atom stereocenters. The molecule has 1 saturated heterocycles. The lowest BCUT2D eigenvalue weighted by Gasteiger charge is -2.29. The molecule has 0 radical (unpaired) electrons. The molecule has 0 aliphatic carbocycles. The van der Waals surface area contributed by atoms with Crippen LogP contribution in [0.15, 0.2) is 4.79 Å². The van der Waals surface area contributed by atoms with E-state index in [0.29, 0.717) is 0 Å². The summed E-state index contributed by atoms with van der Waals surface area (Å²) >= 11 is 3.12. The molecule has 0 spiro atoms. The van der Waals surface area contributed by atoms with Crippen LogP contribution in [0, 0.1) is 6.92 Å². The van der Waals surface area contributed by atoms with Gasteiger partial charge in [0.25, 0.3) is 0 Å². The van der Waals surface area contributed by atoms with Crippen molar-refractivity contribution >= 4 is 33.3 Å². The molecule has 132 valence electrons. The molecule has 11 heteroatoms. The Kier molecular flexibility index (Phi) is 4.91. The number of hydrogen-bond donors (Lipinski definition) is 3. The van der Waals surface area contributed by atoms with E-state index in [-0.39, 0.29) is 11.5 Å². The number of aliphatic hydroxyl groups excluding tert-OH is 1. The first kappa shape index (κ1) is 18.6. The molecular weight excluding hydrogens is 388 g/mol. The lowest BCUT2D eigenvalue weighted by molar-refractivity contribution is -0.158. The molecule has 24 heavy (non-hydrogen) atoms. The number of alkyl halides is 1. The van der Waals surface area contributed by atoms with Crippen molar-refractivity contribution in [3.63, 3.8) is 0 Å². The number of nitrogens with zero attached hydrogens (tertiary/aromatic N) is 3. The van der Waals surface area contributed by atoms with Crippen LogP contribution in [0.1, 0.15) is 25.8 Å². The molecule has 0 saturated carbocycles. The van der Waals surface area contributed by atoms with Crippen LogP contribution >= 0.6 is 15.9 Å². The van der Waals surface area contributed by atoms with Crippen molar-refractivity contribution in [1.29, 1.82) is 0 Å². The zero-order valence-corrected chi connectivity index (χ0v) is 14.7. The smallest absolute Gasteiger partial charge is 0.368 e. The van der Waals surface area contributed by atoms with E-state index in [1.54, 1.807) is 0 Å². The Morgan fingerprint density at radius 3 is 2.54 bits per heavy atom. The van der Waals surface area contributed by atoms with E-state index in [2.05, 4.69) is 26.0 Å². The molecule has 2 heterocycles. The molecule has 1 aromatic rings. The van der Waals surface area contributed by atoms with Gasteiger partial charge in [0.2, 0.25) is 0 Å². The zero-order chi connectivity index (χ0) is 18.4. The summed E-state index contributed by atoms with van der Waals surface area (Å²) in [5.74, 6) is -1.51. The summed E-state index contributed by atoms with van der Waals surface area (Å²) in [6, 6.07) is 0. The van der Waals surface area contributed by atoms with Crippen LogP contribution < -0.4 is 11.4 Å². The van der Waals surface area contributed by atoms with Gasteiger partial charge < -0.3 is 20.7 Å². The number of carbonyl (C=O) groups excluding carboxylic acids is 2. The molecule has 1 aromatic heterocycles. The molecule has 1 aliphatic rings. The second-order valence-corrected chi connectivity index (χ2v) is 6.58. The number of aromatic nitrogens is 3. The van der Waals surface area contributed by atoms with Crippen LogP contribution in [0.3, 0.4) is 0 Å². The van der Waals surface area contributed by atoms with Gasteiger partial charge in [0.15, 0.2) is 29.2 Å². The van der Waals surface area contributed by atoms with Gasteiger partial charge in [-0.1, -0.05) is 15.9 Å². The molecule has 10 nitrogen and oxygen atoms in total. The fraction of sp³-hybridized carbons (Fsp3) is 0.615. The van der Waals surface area contributed by atoms with E-state index < -0.39 is 46.1 Å². The minimum absolute atomic E-state index is 0.0671. The first-order chi connectivity index (χ1) is 11.0. The summed E-state index contributed by atoms with van der Waals surface area (Å²) in [5.41, 5.74) is 2.64. The molecule has 0 aromatic carbocycles. The summed E-state index contributed by atoms with van der Waals surface area (Å²) in [6.45, 7) is 3.68. The summed E-state index contributed by atoms with van der Waals surface area (Å²) < 4.78 is 6.26. The van der Waals surface area contributed by atoms with E-state index in [9.17, 15) is 24.6 Å². The number of hydrogen-bond acceptors (Lipinski definition) is 9. The fourth-order valence-electron chi connectivity index (χ4n) is 2.46. The van der Waals surface area contributed by atoms with Crippen molar-refractivity contribution in [2.24, 2.45) is 0 Å². The highest BCUT2D eigenvalue weighted by molar-refractivity contribution is 9.09. The molecule has 4 N–H and O–H groups in total. The normalized spacial score (nSPS) is 31.0. The van der Waals surface area contributed by atoms with Crippen LogP contribution in [-0.2, 0) is 14.3 Å². The topological polar surface area (TPSA) is 158 Å². The van der Waals surface area contributed by atoms with Crippen molar-refractivity contribution < 1.29 is 24.5 Å². The van der Waals surface area contributed by atoms with Gasteiger partial charge in [-0.2, -0.15) is 14.8 Å². The van der Waals surface area contributed by atoms with Gasteiger partial charge in [-0.3, -0.25) is 9.59 Å². The van der Waals surface area contributed by atoms with E-state index in [1.807, 2.05) is 0 Å². The molecule has 2 rings (SSSR count). The maximum atomic E-state index is 12.0. The predicted octanol–water partition coefficient (Wildman–Crippen LogP) is -1.54. The van der Waals surface area contributed by atoms with E-state index in [0.717, 1.165) is 18.5 Å². The zero-order valence-electron chi connectivity index (χ0n) is 13.1. The van der Waals surface area contributed by atoms with Crippen LogP contribution in [0.2, 0.25) is 0 Å². The highest BCUT2D eigenvalue weighted by atomic mass is 79.9. The van der Waals surface area contributed by atoms with Gasteiger partial charge in [-0.05, 0) is 20.8 Å². The van der Waals surface area contributed by atoms with Crippen molar-refractivity contribution in [3.8, 4) is 0 Å². The van der Waals surface area contributed by atoms with Gasteiger partial charge in [0, 0.05) is 0 Å². The third-order valence-electron chi connectivity index (χ3n) is 3.94. The number of carbonyl (C=O) groups is 2. The Balaban J connectivity index is 2.55. The minimum Gasteiger partial charge on any atom is -0.382 e. The van der Waals surface area contributed by atoms with Crippen LogP contribution in [-0.4, -0.2) is 59.2 Å². The monoisotopic (exact) mass is 404 g/mol. The third kappa shape index (κ3) is 2.77.